The van der Waals surface area contributed by atoms with Gasteiger partial charge in [-0.25, -0.2) is 0 Å². The van der Waals surface area contributed by atoms with Crippen LogP contribution in [0.1, 0.15) is 41.6 Å². The number of rotatable bonds is 5. The normalized spacial score (nSPS) is 25.2. The number of carbonyl (C=O) groups is 1. The Morgan fingerprint density at radius 3 is 2.79 bits per heavy atom. The summed E-state index contributed by atoms with van der Waals surface area (Å²) in [6.07, 6.45) is 4.48. The van der Waals surface area contributed by atoms with Crippen LogP contribution >= 0.6 is 0 Å². The average Bonchev–Trinajstić information content (AvgIpc) is 3.04. The summed E-state index contributed by atoms with van der Waals surface area (Å²) in [6.45, 7) is 3.46. The first-order valence-electron chi connectivity index (χ1n) is 8.97. The number of aliphatic hydroxyl groups is 1. The fourth-order valence-electron chi connectivity index (χ4n) is 3.81. The second-order valence-electron chi connectivity index (χ2n) is 6.91. The zero-order valence-corrected chi connectivity index (χ0v) is 14.5. The zero-order chi connectivity index (χ0) is 16.9. The molecule has 0 bridgehead atoms. The lowest BCUT2D eigenvalue weighted by molar-refractivity contribution is 0.0724. The third-order valence-electron chi connectivity index (χ3n) is 5.24. The summed E-state index contributed by atoms with van der Waals surface area (Å²) in [6, 6.07) is 8.07. The zero-order valence-electron chi connectivity index (χ0n) is 14.5. The number of likely N-dealkylation sites (tertiary alicyclic amines) is 2. The van der Waals surface area contributed by atoms with Crippen LogP contribution in [0.5, 0.6) is 0 Å². The quantitative estimate of drug-likeness (QED) is 0.895. The van der Waals surface area contributed by atoms with Crippen LogP contribution in [0.2, 0.25) is 0 Å². The number of benzene rings is 1. The number of ether oxygens (including phenoxy) is 1. The molecule has 132 valence electrons. The van der Waals surface area contributed by atoms with Gasteiger partial charge in [-0.15, -0.1) is 0 Å². The van der Waals surface area contributed by atoms with Gasteiger partial charge in [-0.1, -0.05) is 12.1 Å². The van der Waals surface area contributed by atoms with E-state index < -0.39 is 0 Å². The molecule has 2 aliphatic rings. The first kappa shape index (κ1) is 17.4. The second kappa shape index (κ2) is 8.10. The van der Waals surface area contributed by atoms with Crippen LogP contribution in [0.25, 0.3) is 0 Å². The summed E-state index contributed by atoms with van der Waals surface area (Å²) >= 11 is 0. The van der Waals surface area contributed by atoms with Crippen molar-refractivity contribution in [1.82, 2.24) is 9.80 Å². The van der Waals surface area contributed by atoms with E-state index in [4.69, 9.17) is 4.74 Å². The van der Waals surface area contributed by atoms with Crippen molar-refractivity contribution in [2.45, 2.75) is 44.4 Å². The maximum atomic E-state index is 12.7. The Labute approximate surface area is 144 Å². The Morgan fingerprint density at radius 1 is 1.29 bits per heavy atom. The van der Waals surface area contributed by atoms with Crippen molar-refractivity contribution in [3.8, 4) is 0 Å². The van der Waals surface area contributed by atoms with E-state index in [2.05, 4.69) is 11.0 Å². The molecule has 24 heavy (non-hydrogen) atoms. The minimum atomic E-state index is 0.136. The molecular formula is C19H28N2O3. The standard InChI is InChI=1S/C19H28N2O3/c1-24-18-11-17(14-22)21(13-18)12-15-6-5-7-16(10-15)19(23)20-8-3-2-4-9-20/h5-7,10,17-18,22H,2-4,8-9,11-14H2,1H3/t17-,18-/m0/s1. The molecule has 2 heterocycles. The molecule has 2 aliphatic heterocycles. The van der Waals surface area contributed by atoms with E-state index in [1.54, 1.807) is 7.11 Å². The lowest BCUT2D eigenvalue weighted by atomic mass is 10.1. The molecule has 2 saturated heterocycles. The molecule has 1 N–H and O–H groups in total. The van der Waals surface area contributed by atoms with Gasteiger partial charge in [-0.3, -0.25) is 9.69 Å². The summed E-state index contributed by atoms with van der Waals surface area (Å²) in [7, 11) is 1.72. The minimum absolute atomic E-state index is 0.136. The van der Waals surface area contributed by atoms with Crippen LogP contribution < -0.4 is 0 Å². The number of amides is 1. The number of hydrogen-bond acceptors (Lipinski definition) is 4. The highest BCUT2D eigenvalue weighted by Gasteiger charge is 2.31. The number of methoxy groups -OCH3 is 1. The lowest BCUT2D eigenvalue weighted by Crippen LogP contribution is -2.35. The van der Waals surface area contributed by atoms with Gasteiger partial charge < -0.3 is 14.7 Å². The van der Waals surface area contributed by atoms with Gasteiger partial charge in [0.05, 0.1) is 12.7 Å². The molecule has 1 amide bonds. The fraction of sp³-hybridized carbons (Fsp3) is 0.632. The molecule has 0 spiro atoms. The Balaban J connectivity index is 1.67. The van der Waals surface area contributed by atoms with Gasteiger partial charge in [0.15, 0.2) is 0 Å². The smallest absolute Gasteiger partial charge is 0.253 e. The lowest BCUT2D eigenvalue weighted by Gasteiger charge is -2.27. The summed E-state index contributed by atoms with van der Waals surface area (Å²) < 4.78 is 5.44. The predicted molar refractivity (Wildman–Crippen MR) is 92.9 cm³/mol. The molecule has 5 nitrogen and oxygen atoms in total. The van der Waals surface area contributed by atoms with Crippen molar-refractivity contribution >= 4 is 5.91 Å². The third-order valence-corrected chi connectivity index (χ3v) is 5.24. The van der Waals surface area contributed by atoms with E-state index >= 15 is 0 Å². The Kier molecular flexibility index (Phi) is 5.87. The second-order valence-corrected chi connectivity index (χ2v) is 6.91. The molecule has 3 rings (SSSR count). The topological polar surface area (TPSA) is 53.0 Å². The first-order chi connectivity index (χ1) is 11.7. The van der Waals surface area contributed by atoms with Crippen molar-refractivity contribution < 1.29 is 14.6 Å². The molecular weight excluding hydrogens is 304 g/mol. The first-order valence-corrected chi connectivity index (χ1v) is 8.97. The van der Waals surface area contributed by atoms with E-state index in [1.165, 1.54) is 6.42 Å². The van der Waals surface area contributed by atoms with Crippen molar-refractivity contribution in [3.63, 3.8) is 0 Å². The van der Waals surface area contributed by atoms with Gasteiger partial charge >= 0.3 is 0 Å². The molecule has 2 fully saturated rings. The summed E-state index contributed by atoms with van der Waals surface area (Å²) in [4.78, 5) is 16.9. The number of hydrogen-bond donors (Lipinski definition) is 1. The molecule has 0 radical (unpaired) electrons. The van der Waals surface area contributed by atoms with Gasteiger partial charge in [0.1, 0.15) is 0 Å². The van der Waals surface area contributed by atoms with Crippen LogP contribution in [-0.4, -0.2) is 66.3 Å². The molecule has 1 aromatic carbocycles. The van der Waals surface area contributed by atoms with Crippen LogP contribution in [0.3, 0.4) is 0 Å². The molecule has 0 unspecified atom stereocenters. The fourth-order valence-corrected chi connectivity index (χ4v) is 3.81. The van der Waals surface area contributed by atoms with Crippen molar-refractivity contribution in [1.29, 1.82) is 0 Å². The van der Waals surface area contributed by atoms with Gasteiger partial charge in [-0.2, -0.15) is 0 Å². The number of piperidine rings is 1. The molecule has 5 heteroatoms. The van der Waals surface area contributed by atoms with Crippen LogP contribution in [0.4, 0.5) is 0 Å². The molecule has 2 atom stereocenters. The van der Waals surface area contributed by atoms with Crippen molar-refractivity contribution in [2.75, 3.05) is 33.4 Å². The summed E-state index contributed by atoms with van der Waals surface area (Å²) in [5, 5.41) is 9.58. The highest BCUT2D eigenvalue weighted by atomic mass is 16.5. The Hall–Kier alpha value is -1.43. The van der Waals surface area contributed by atoms with E-state index in [0.29, 0.717) is 0 Å². The van der Waals surface area contributed by atoms with E-state index in [1.807, 2.05) is 23.1 Å². The average molecular weight is 332 g/mol. The van der Waals surface area contributed by atoms with Crippen LogP contribution in [0, 0.1) is 0 Å². The van der Waals surface area contributed by atoms with Gasteiger partial charge in [0.2, 0.25) is 0 Å². The maximum Gasteiger partial charge on any atom is 0.253 e. The number of carbonyl (C=O) groups excluding carboxylic acids is 1. The third kappa shape index (κ3) is 3.97. The van der Waals surface area contributed by atoms with Crippen LogP contribution in [-0.2, 0) is 11.3 Å². The minimum Gasteiger partial charge on any atom is -0.395 e. The van der Waals surface area contributed by atoms with Crippen LogP contribution in [0.15, 0.2) is 24.3 Å². The molecule has 1 aromatic rings. The van der Waals surface area contributed by atoms with E-state index in [0.717, 1.165) is 56.6 Å². The van der Waals surface area contributed by atoms with E-state index in [9.17, 15) is 9.90 Å². The largest absolute Gasteiger partial charge is 0.395 e. The monoisotopic (exact) mass is 332 g/mol. The highest BCUT2D eigenvalue weighted by molar-refractivity contribution is 5.94. The Bertz CT molecular complexity index is 557. The number of aliphatic hydroxyl groups excluding tert-OH is 1. The highest BCUT2D eigenvalue weighted by Crippen LogP contribution is 2.23. The maximum absolute atomic E-state index is 12.7. The summed E-state index contributed by atoms with van der Waals surface area (Å²) in [5.41, 5.74) is 1.89. The van der Waals surface area contributed by atoms with E-state index in [-0.39, 0.29) is 24.7 Å². The van der Waals surface area contributed by atoms with Crippen molar-refractivity contribution in [2.24, 2.45) is 0 Å². The number of nitrogens with zero attached hydrogens (tertiary/aromatic N) is 2. The Morgan fingerprint density at radius 2 is 2.08 bits per heavy atom. The predicted octanol–water partition coefficient (Wildman–Crippen LogP) is 1.89. The molecule has 0 aliphatic carbocycles. The van der Waals surface area contributed by atoms with Gasteiger partial charge in [-0.05, 0) is 43.4 Å². The van der Waals surface area contributed by atoms with Gasteiger partial charge in [0, 0.05) is 44.9 Å². The van der Waals surface area contributed by atoms with Crippen molar-refractivity contribution in [3.05, 3.63) is 35.4 Å². The molecule has 0 saturated carbocycles. The molecule has 0 aromatic heterocycles. The van der Waals surface area contributed by atoms with Gasteiger partial charge in [0.25, 0.3) is 5.91 Å². The SMILES string of the molecule is CO[C@H]1C[C@@H](CO)N(Cc2cccc(C(=O)N3CCCCC3)c2)C1. The summed E-state index contributed by atoms with van der Waals surface area (Å²) in [5.74, 6) is 0.145.